The Balaban J connectivity index is 0.00000261. The SMILES string of the molecule is CC1(C)C(C=CC=CC=C2N(CCCS(=O)(=O)[O-])c3ccccc3C2(C)CCCS(=O)(=O)O)=[N+](CCCS(=O)(=O)O)c2cc(C(=O)O)cc(C(=O)OCCCS(=O)(=O)O)c21.O=S(=O)=O. The molecule has 4 N–H and O–H groups in total. The second kappa shape index (κ2) is 21.5. The number of aromatic carboxylic acids is 1. The van der Waals surface area contributed by atoms with Crippen molar-refractivity contribution in [2.24, 2.45) is 0 Å². The molecule has 0 radical (unpaired) electrons. The van der Waals surface area contributed by atoms with Crippen LogP contribution in [0.4, 0.5) is 11.4 Å². The Hall–Kier alpha value is -4.67. The largest absolute Gasteiger partial charge is 0.748 e. The summed E-state index contributed by atoms with van der Waals surface area (Å²) in [4.78, 5) is 27.6. The van der Waals surface area contributed by atoms with Crippen LogP contribution in [0.25, 0.3) is 0 Å². The van der Waals surface area contributed by atoms with E-state index >= 15 is 0 Å². The van der Waals surface area contributed by atoms with Gasteiger partial charge < -0.3 is 19.3 Å². The van der Waals surface area contributed by atoms with E-state index in [0.29, 0.717) is 17.0 Å². The lowest BCUT2D eigenvalue weighted by Gasteiger charge is -2.30. The highest BCUT2D eigenvalue weighted by molar-refractivity contribution is 7.86. The molecule has 2 aliphatic rings. The maximum atomic E-state index is 13.5. The Labute approximate surface area is 372 Å². The summed E-state index contributed by atoms with van der Waals surface area (Å²) in [5.41, 5.74) is 0.890. The zero-order valence-corrected chi connectivity index (χ0v) is 38.8. The van der Waals surface area contributed by atoms with Gasteiger partial charge in [0.15, 0.2) is 5.71 Å². The highest BCUT2D eigenvalue weighted by atomic mass is 32.2. The quantitative estimate of drug-likeness (QED) is 0.0459. The highest BCUT2D eigenvalue weighted by Gasteiger charge is 2.48. The fourth-order valence-corrected chi connectivity index (χ4v) is 9.66. The zero-order chi connectivity index (χ0) is 48.5. The molecule has 64 heavy (non-hydrogen) atoms. The minimum absolute atomic E-state index is 0.00665. The molecule has 2 aromatic carbocycles. The lowest BCUT2D eigenvalue weighted by molar-refractivity contribution is -0.437. The van der Waals surface area contributed by atoms with Crippen molar-refractivity contribution >= 4 is 80.1 Å². The third-order valence-corrected chi connectivity index (χ3v) is 13.4. The van der Waals surface area contributed by atoms with Gasteiger partial charge in [-0.3, -0.25) is 13.7 Å². The maximum Gasteiger partial charge on any atom is 0.425 e. The number of fused-ring (bicyclic) bond motifs is 2. The highest BCUT2D eigenvalue weighted by Crippen LogP contribution is 2.50. The fourth-order valence-electron chi connectivity index (χ4n) is 7.69. The summed E-state index contributed by atoms with van der Waals surface area (Å²) >= 11 is 0. The number of carbonyl (C=O) groups is 2. The van der Waals surface area contributed by atoms with Crippen LogP contribution in [0.15, 0.2) is 72.5 Å². The standard InChI is InChI=1S/C38H48N2O16S4.O3S/c1-37(2)32(40(19-11-23-59(50,51)52)31-26-27(35(41)42)25-28(34(31)37)36(43)56-20-12-24-60(53,54)55)15-5-4-6-16-33-38(3,17-9-21-57(44,45)46)29-13-7-8-14-30(29)39(33)18-10-22-58(47,48)49;1-4(2)3/h4-8,13-16,25-26H,9-12,17-24H2,1-3H3,(H4-,41,42,44,45,46,47,48,49,50,51,52,53,54,55);. The van der Waals surface area contributed by atoms with E-state index in [1.807, 2.05) is 24.0 Å². The molecule has 2 aliphatic heterocycles. The van der Waals surface area contributed by atoms with E-state index in [1.165, 1.54) is 6.07 Å². The molecule has 1 atom stereocenters. The van der Waals surface area contributed by atoms with Crippen LogP contribution in [-0.2, 0) is 66.6 Å². The number of para-hydroxylation sites is 1. The maximum absolute atomic E-state index is 13.5. The van der Waals surface area contributed by atoms with Gasteiger partial charge in [-0.15, -0.1) is 12.6 Å². The van der Waals surface area contributed by atoms with Crippen LogP contribution in [0.2, 0.25) is 0 Å². The lowest BCUT2D eigenvalue weighted by atomic mass is 9.77. The molecular weight excluding hydrogens is 949 g/mol. The molecule has 0 fully saturated rings. The molecule has 2 heterocycles. The molecule has 0 spiro atoms. The van der Waals surface area contributed by atoms with Gasteiger partial charge in [0.1, 0.15) is 6.54 Å². The van der Waals surface area contributed by atoms with Crippen molar-refractivity contribution in [3.8, 4) is 0 Å². The minimum atomic E-state index is -4.52. The second-order valence-electron chi connectivity index (χ2n) is 15.3. The molecule has 26 heteroatoms. The first-order chi connectivity index (χ1) is 29.4. The molecule has 0 saturated carbocycles. The second-order valence-corrected chi connectivity index (χ2v) is 22.0. The number of anilines is 1. The van der Waals surface area contributed by atoms with Crippen LogP contribution in [0.3, 0.4) is 0 Å². The number of allylic oxidation sites excluding steroid dienone is 6. The van der Waals surface area contributed by atoms with Crippen LogP contribution < -0.4 is 4.90 Å². The number of ether oxygens (including phenoxy) is 1. The molecule has 21 nitrogen and oxygen atoms in total. The first-order valence-corrected chi connectivity index (χ1v) is 26.5. The van der Waals surface area contributed by atoms with Crippen molar-refractivity contribution in [3.05, 3.63) is 94.7 Å². The topological polar surface area (TPSA) is 341 Å². The molecule has 0 amide bonds. The summed E-state index contributed by atoms with van der Waals surface area (Å²) in [6.07, 6.45) is 8.35. The van der Waals surface area contributed by atoms with Crippen molar-refractivity contribution in [1.29, 1.82) is 0 Å². The molecular formula is C38H48N2O19S5. The Morgan fingerprint density at radius 3 is 1.97 bits per heavy atom. The number of carbonyl (C=O) groups excluding carboxylic acids is 1. The van der Waals surface area contributed by atoms with Gasteiger partial charge in [0, 0.05) is 47.7 Å². The predicted molar refractivity (Wildman–Crippen MR) is 231 cm³/mol. The molecule has 2 aromatic rings. The van der Waals surface area contributed by atoms with Crippen molar-refractivity contribution in [2.45, 2.75) is 63.7 Å². The summed E-state index contributed by atoms with van der Waals surface area (Å²) in [7, 11) is -20.6. The third kappa shape index (κ3) is 15.5. The van der Waals surface area contributed by atoms with E-state index in [1.54, 1.807) is 60.9 Å². The van der Waals surface area contributed by atoms with Crippen LogP contribution in [0, 0.1) is 0 Å². The summed E-state index contributed by atoms with van der Waals surface area (Å²) < 4.78 is 163. The van der Waals surface area contributed by atoms with Crippen LogP contribution in [0.1, 0.15) is 84.7 Å². The van der Waals surface area contributed by atoms with E-state index in [4.69, 9.17) is 21.9 Å². The predicted octanol–water partition coefficient (Wildman–Crippen LogP) is 2.85. The van der Waals surface area contributed by atoms with E-state index in [9.17, 15) is 62.0 Å². The number of carboxylic acid groups (broad SMARTS) is 1. The fraction of sp³-hybridized carbons (Fsp3) is 0.447. The van der Waals surface area contributed by atoms with Gasteiger partial charge in [-0.2, -0.15) is 29.8 Å². The van der Waals surface area contributed by atoms with Gasteiger partial charge in [0.05, 0.1) is 56.1 Å². The van der Waals surface area contributed by atoms with Crippen LogP contribution in [0.5, 0.6) is 0 Å². The number of nitrogens with zero attached hydrogens (tertiary/aromatic N) is 2. The van der Waals surface area contributed by atoms with Crippen LogP contribution in [-0.4, -0.2) is 135 Å². The average Bonchev–Trinajstić information content (AvgIpc) is 3.50. The molecule has 0 aliphatic carbocycles. The van der Waals surface area contributed by atoms with Gasteiger partial charge in [-0.05, 0) is 70.2 Å². The van der Waals surface area contributed by atoms with E-state index < -0.39 is 103 Å². The molecule has 1 unspecified atom stereocenters. The van der Waals surface area contributed by atoms with Gasteiger partial charge in [0.25, 0.3) is 30.4 Å². The Bertz CT molecular complexity index is 2810. The van der Waals surface area contributed by atoms with Crippen molar-refractivity contribution in [3.63, 3.8) is 0 Å². The summed E-state index contributed by atoms with van der Waals surface area (Å²) in [6, 6.07) is 9.70. The minimum Gasteiger partial charge on any atom is -0.748 e. The zero-order valence-electron chi connectivity index (χ0n) is 34.7. The third-order valence-electron chi connectivity index (χ3n) is 10.2. The van der Waals surface area contributed by atoms with Gasteiger partial charge in [-0.25, -0.2) is 18.0 Å². The van der Waals surface area contributed by atoms with E-state index in [0.717, 1.165) is 17.3 Å². The van der Waals surface area contributed by atoms with Gasteiger partial charge >= 0.3 is 22.5 Å². The molecule has 354 valence electrons. The van der Waals surface area contributed by atoms with Crippen LogP contribution >= 0.6 is 0 Å². The molecule has 4 rings (SSSR count). The summed E-state index contributed by atoms with van der Waals surface area (Å²) in [5, 5.41) is 9.97. The summed E-state index contributed by atoms with van der Waals surface area (Å²) in [5.74, 6) is -4.79. The molecule has 0 bridgehead atoms. The van der Waals surface area contributed by atoms with Crippen molar-refractivity contribution in [2.75, 3.05) is 47.6 Å². The van der Waals surface area contributed by atoms with Gasteiger partial charge in [-0.1, -0.05) is 36.4 Å². The Kier molecular flexibility index (Phi) is 18.1. The lowest BCUT2D eigenvalue weighted by Crippen LogP contribution is -2.30. The number of hydrogen-bond donors (Lipinski definition) is 4. The molecule has 0 aromatic heterocycles. The van der Waals surface area contributed by atoms with Crippen molar-refractivity contribution in [1.82, 2.24) is 0 Å². The first-order valence-electron chi connectivity index (χ1n) is 19.1. The average molecular weight is 997 g/mol. The first kappa shape index (κ1) is 53.7. The Morgan fingerprint density at radius 2 is 1.39 bits per heavy atom. The van der Waals surface area contributed by atoms with E-state index in [-0.39, 0.29) is 62.0 Å². The normalized spacial score (nSPS) is 18.0. The number of hydrogen-bond acceptors (Lipinski definition) is 16. The molecule has 0 saturated heterocycles. The monoisotopic (exact) mass is 996 g/mol. The number of carboxylic acids is 1. The number of benzene rings is 2. The smallest absolute Gasteiger partial charge is 0.425 e. The van der Waals surface area contributed by atoms with E-state index in [2.05, 4.69) is 0 Å². The van der Waals surface area contributed by atoms with Gasteiger partial charge in [0.2, 0.25) is 5.69 Å². The number of esters is 1. The van der Waals surface area contributed by atoms with Crippen molar-refractivity contribution < 1.29 is 88.5 Å². The number of rotatable bonds is 21. The Morgan fingerprint density at radius 1 is 0.812 bits per heavy atom. The summed E-state index contributed by atoms with van der Waals surface area (Å²) in [6.45, 7) is 5.03.